The number of fused-ring (bicyclic) bond motifs is 1. The van der Waals surface area contributed by atoms with Gasteiger partial charge in [0.05, 0.1) is 12.2 Å². The standard InChI is InChI=1S/C22H22N4O/c1-2-8-17(9-3-1)14-21-23-22(27-24-21)19-15-26(16-25-12-6-7-13-25)20-11-5-4-10-18(19)20/h1-5,8-11,15H,6-7,12-14,16H2. The van der Waals surface area contributed by atoms with Crippen molar-refractivity contribution in [2.45, 2.75) is 25.9 Å². The molecule has 0 aliphatic carbocycles. The fourth-order valence-electron chi connectivity index (χ4n) is 3.89. The van der Waals surface area contributed by atoms with Crippen LogP contribution >= 0.6 is 0 Å². The van der Waals surface area contributed by atoms with Crippen molar-refractivity contribution in [2.24, 2.45) is 0 Å². The Morgan fingerprint density at radius 3 is 2.56 bits per heavy atom. The molecule has 0 N–H and O–H groups in total. The summed E-state index contributed by atoms with van der Waals surface area (Å²) in [6.07, 6.45) is 5.41. The Morgan fingerprint density at radius 1 is 0.926 bits per heavy atom. The molecule has 0 bridgehead atoms. The lowest BCUT2D eigenvalue weighted by Gasteiger charge is -2.16. The lowest BCUT2D eigenvalue weighted by molar-refractivity contribution is 0.275. The summed E-state index contributed by atoms with van der Waals surface area (Å²) in [5.41, 5.74) is 3.40. The Balaban J connectivity index is 1.48. The zero-order valence-electron chi connectivity index (χ0n) is 15.2. The molecule has 1 aliphatic heterocycles. The topological polar surface area (TPSA) is 47.1 Å². The molecule has 0 radical (unpaired) electrons. The Hall–Kier alpha value is -2.92. The van der Waals surface area contributed by atoms with Gasteiger partial charge in [0.15, 0.2) is 5.82 Å². The maximum atomic E-state index is 5.63. The van der Waals surface area contributed by atoms with Crippen molar-refractivity contribution in [1.29, 1.82) is 0 Å². The summed E-state index contributed by atoms with van der Waals surface area (Å²) in [6, 6.07) is 18.7. The first-order chi connectivity index (χ1) is 13.4. The number of para-hydroxylation sites is 1. The number of rotatable bonds is 5. The van der Waals surface area contributed by atoms with Crippen LogP contribution in [0.4, 0.5) is 0 Å². The molecular formula is C22H22N4O. The van der Waals surface area contributed by atoms with E-state index in [9.17, 15) is 0 Å². The van der Waals surface area contributed by atoms with E-state index in [1.54, 1.807) is 0 Å². The summed E-state index contributed by atoms with van der Waals surface area (Å²) >= 11 is 0. The van der Waals surface area contributed by atoms with Gasteiger partial charge in [-0.2, -0.15) is 4.98 Å². The van der Waals surface area contributed by atoms with Gasteiger partial charge in [0, 0.05) is 23.5 Å². The van der Waals surface area contributed by atoms with Gasteiger partial charge in [0.2, 0.25) is 0 Å². The minimum absolute atomic E-state index is 0.595. The second-order valence-electron chi connectivity index (χ2n) is 7.17. The van der Waals surface area contributed by atoms with E-state index in [-0.39, 0.29) is 0 Å². The molecule has 5 nitrogen and oxygen atoms in total. The van der Waals surface area contributed by atoms with Crippen LogP contribution in [-0.2, 0) is 13.1 Å². The second-order valence-corrected chi connectivity index (χ2v) is 7.17. The summed E-state index contributed by atoms with van der Waals surface area (Å²) in [5, 5.41) is 5.36. The van der Waals surface area contributed by atoms with Crippen molar-refractivity contribution in [2.75, 3.05) is 13.1 Å². The largest absolute Gasteiger partial charge is 0.334 e. The first kappa shape index (κ1) is 16.3. The third-order valence-electron chi connectivity index (χ3n) is 5.24. The Bertz CT molecular complexity index is 1040. The van der Waals surface area contributed by atoms with Crippen molar-refractivity contribution in [3.05, 3.63) is 72.2 Å². The van der Waals surface area contributed by atoms with Crippen LogP contribution in [0.25, 0.3) is 22.4 Å². The van der Waals surface area contributed by atoms with E-state index in [1.165, 1.54) is 37.0 Å². The minimum Gasteiger partial charge on any atom is -0.334 e. The molecule has 3 heterocycles. The van der Waals surface area contributed by atoms with Crippen LogP contribution in [-0.4, -0.2) is 32.7 Å². The predicted octanol–water partition coefficient (Wildman–Crippen LogP) is 4.34. The highest BCUT2D eigenvalue weighted by atomic mass is 16.5. The third-order valence-corrected chi connectivity index (χ3v) is 5.24. The van der Waals surface area contributed by atoms with E-state index in [0.717, 1.165) is 17.6 Å². The normalized spacial score (nSPS) is 15.0. The number of hydrogen-bond donors (Lipinski definition) is 0. The van der Waals surface area contributed by atoms with Crippen LogP contribution in [0, 0.1) is 0 Å². The second kappa shape index (κ2) is 7.00. The number of hydrogen-bond acceptors (Lipinski definition) is 4. The fourth-order valence-corrected chi connectivity index (χ4v) is 3.89. The van der Waals surface area contributed by atoms with Gasteiger partial charge in [-0.1, -0.05) is 53.7 Å². The molecule has 1 aliphatic rings. The van der Waals surface area contributed by atoms with Gasteiger partial charge in [0.25, 0.3) is 5.89 Å². The van der Waals surface area contributed by atoms with Gasteiger partial charge in [0.1, 0.15) is 0 Å². The quantitative estimate of drug-likeness (QED) is 0.533. The molecule has 0 unspecified atom stereocenters. The summed E-state index contributed by atoms with van der Waals surface area (Å²) in [5.74, 6) is 1.31. The van der Waals surface area contributed by atoms with Gasteiger partial charge in [-0.05, 0) is 37.6 Å². The lowest BCUT2D eigenvalue weighted by atomic mass is 10.1. The molecule has 1 saturated heterocycles. The summed E-state index contributed by atoms with van der Waals surface area (Å²) < 4.78 is 7.93. The Kier molecular flexibility index (Phi) is 4.22. The summed E-state index contributed by atoms with van der Waals surface area (Å²) in [6.45, 7) is 3.25. The SMILES string of the molecule is c1ccc(Cc2noc(-c3cn(CN4CCCC4)c4ccccc34)n2)cc1. The molecule has 5 rings (SSSR count). The van der Waals surface area contributed by atoms with Crippen molar-refractivity contribution in [3.8, 4) is 11.5 Å². The molecule has 2 aromatic carbocycles. The van der Waals surface area contributed by atoms with E-state index in [2.05, 4.69) is 62.2 Å². The Morgan fingerprint density at radius 2 is 1.70 bits per heavy atom. The number of likely N-dealkylation sites (tertiary alicyclic amines) is 1. The van der Waals surface area contributed by atoms with Crippen molar-refractivity contribution < 1.29 is 4.52 Å². The smallest absolute Gasteiger partial charge is 0.260 e. The minimum atomic E-state index is 0.595. The van der Waals surface area contributed by atoms with Gasteiger partial charge in [-0.15, -0.1) is 0 Å². The zero-order valence-corrected chi connectivity index (χ0v) is 15.2. The Labute approximate surface area is 158 Å². The highest BCUT2D eigenvalue weighted by Gasteiger charge is 2.18. The van der Waals surface area contributed by atoms with E-state index >= 15 is 0 Å². The number of nitrogens with zero attached hydrogens (tertiary/aromatic N) is 4. The zero-order chi connectivity index (χ0) is 18.1. The molecule has 1 fully saturated rings. The van der Waals surface area contributed by atoms with Crippen molar-refractivity contribution >= 4 is 10.9 Å². The molecule has 4 aromatic rings. The molecule has 0 spiro atoms. The molecule has 0 atom stereocenters. The average Bonchev–Trinajstić information content (AvgIpc) is 3.44. The first-order valence-corrected chi connectivity index (χ1v) is 9.54. The van der Waals surface area contributed by atoms with Crippen molar-refractivity contribution in [3.63, 3.8) is 0 Å². The summed E-state index contributed by atoms with van der Waals surface area (Å²) in [4.78, 5) is 7.16. The predicted molar refractivity (Wildman–Crippen MR) is 105 cm³/mol. The number of aromatic nitrogens is 3. The highest BCUT2D eigenvalue weighted by molar-refractivity contribution is 5.93. The molecule has 0 amide bonds. The molecule has 5 heteroatoms. The van der Waals surface area contributed by atoms with Gasteiger partial charge in [-0.3, -0.25) is 4.90 Å². The van der Waals surface area contributed by atoms with Crippen LogP contribution in [0.3, 0.4) is 0 Å². The van der Waals surface area contributed by atoms with Crippen LogP contribution < -0.4 is 0 Å². The van der Waals surface area contributed by atoms with Gasteiger partial charge in [-0.25, -0.2) is 0 Å². The van der Waals surface area contributed by atoms with E-state index < -0.39 is 0 Å². The molecule has 2 aromatic heterocycles. The van der Waals surface area contributed by atoms with Gasteiger partial charge < -0.3 is 9.09 Å². The van der Waals surface area contributed by atoms with Gasteiger partial charge >= 0.3 is 0 Å². The third kappa shape index (κ3) is 3.26. The molecular weight excluding hydrogens is 336 g/mol. The molecule has 0 saturated carbocycles. The highest BCUT2D eigenvalue weighted by Crippen LogP contribution is 2.30. The average molecular weight is 358 g/mol. The van der Waals surface area contributed by atoms with Crippen LogP contribution in [0.2, 0.25) is 0 Å². The monoisotopic (exact) mass is 358 g/mol. The van der Waals surface area contributed by atoms with E-state index in [4.69, 9.17) is 4.52 Å². The molecule has 136 valence electrons. The first-order valence-electron chi connectivity index (χ1n) is 9.54. The molecule has 27 heavy (non-hydrogen) atoms. The van der Waals surface area contributed by atoms with Crippen LogP contribution in [0.15, 0.2) is 65.3 Å². The van der Waals surface area contributed by atoms with E-state index in [0.29, 0.717) is 18.1 Å². The number of benzene rings is 2. The lowest BCUT2D eigenvalue weighted by Crippen LogP contribution is -2.22. The van der Waals surface area contributed by atoms with Crippen LogP contribution in [0.5, 0.6) is 0 Å². The summed E-state index contributed by atoms with van der Waals surface area (Å²) in [7, 11) is 0. The maximum Gasteiger partial charge on any atom is 0.260 e. The van der Waals surface area contributed by atoms with Crippen LogP contribution in [0.1, 0.15) is 24.2 Å². The maximum absolute atomic E-state index is 5.63. The van der Waals surface area contributed by atoms with Crippen molar-refractivity contribution in [1.82, 2.24) is 19.6 Å². The fraction of sp³-hybridized carbons (Fsp3) is 0.273. The van der Waals surface area contributed by atoms with E-state index in [1.807, 2.05) is 18.2 Å².